The van der Waals surface area contributed by atoms with E-state index in [-0.39, 0.29) is 18.2 Å². The van der Waals surface area contributed by atoms with E-state index in [1.54, 1.807) is 0 Å². The summed E-state index contributed by atoms with van der Waals surface area (Å²) < 4.78 is 23.0. The van der Waals surface area contributed by atoms with E-state index < -0.39 is 9.84 Å². The molecule has 0 saturated carbocycles. The van der Waals surface area contributed by atoms with Gasteiger partial charge in [-0.1, -0.05) is 13.3 Å². The van der Waals surface area contributed by atoms with Crippen LogP contribution in [0.1, 0.15) is 46.0 Å². The summed E-state index contributed by atoms with van der Waals surface area (Å²) in [4.78, 5) is 2.18. The fourth-order valence-corrected chi connectivity index (χ4v) is 4.64. The van der Waals surface area contributed by atoms with Gasteiger partial charge in [-0.15, -0.1) is 0 Å². The van der Waals surface area contributed by atoms with Gasteiger partial charge in [-0.25, -0.2) is 8.42 Å². The van der Waals surface area contributed by atoms with E-state index in [1.807, 2.05) is 7.05 Å². The maximum Gasteiger partial charge on any atom is 0.151 e. The molecule has 0 bridgehead atoms. The molecule has 2 N–H and O–H groups in total. The van der Waals surface area contributed by atoms with Crippen LogP contribution in [-0.4, -0.2) is 68.3 Å². The Kier molecular flexibility index (Phi) is 7.60. The number of hydrogen-bond acceptors (Lipinski definition) is 5. The number of rotatable bonds is 10. The number of nitrogens with zero attached hydrogens (tertiary/aromatic N) is 1. The molecule has 0 radical (unpaired) electrons. The first-order valence-electron chi connectivity index (χ1n) is 8.08. The molecule has 0 amide bonds. The summed E-state index contributed by atoms with van der Waals surface area (Å²) in [7, 11) is -0.773. The van der Waals surface area contributed by atoms with Gasteiger partial charge in [-0.3, -0.25) is 0 Å². The number of unbranched alkanes of at least 4 members (excludes halogenated alkanes) is 1. The maximum atomic E-state index is 11.5. The summed E-state index contributed by atoms with van der Waals surface area (Å²) in [5.74, 6) is 0.654. The van der Waals surface area contributed by atoms with Crippen LogP contribution in [0, 0.1) is 0 Å². The van der Waals surface area contributed by atoms with Crippen LogP contribution in [0.3, 0.4) is 0 Å². The second kappa shape index (κ2) is 8.46. The lowest BCUT2D eigenvalue weighted by Crippen LogP contribution is -2.46. The SMILES string of the molecule is CCCNC(C)(CO)CCCCN(C)C1CCS(=O)(=O)C1. The van der Waals surface area contributed by atoms with E-state index in [0.717, 1.165) is 45.2 Å². The third-order valence-corrected chi connectivity index (χ3v) is 6.22. The average Bonchev–Trinajstić information content (AvgIpc) is 2.81. The number of sulfone groups is 1. The number of aliphatic hydroxyl groups is 1. The zero-order chi connectivity index (χ0) is 15.9. The first-order valence-corrected chi connectivity index (χ1v) is 9.90. The lowest BCUT2D eigenvalue weighted by molar-refractivity contribution is 0.160. The summed E-state index contributed by atoms with van der Waals surface area (Å²) in [6.07, 6.45) is 4.86. The number of aliphatic hydroxyl groups excluding tert-OH is 1. The van der Waals surface area contributed by atoms with Crippen LogP contribution in [0.4, 0.5) is 0 Å². The summed E-state index contributed by atoms with van der Waals surface area (Å²) in [6.45, 7) is 6.20. The predicted octanol–water partition coefficient (Wildman–Crippen LogP) is 1.03. The monoisotopic (exact) mass is 320 g/mol. The van der Waals surface area contributed by atoms with E-state index in [9.17, 15) is 13.5 Å². The molecule has 0 aromatic heterocycles. The van der Waals surface area contributed by atoms with Gasteiger partial charge in [0.15, 0.2) is 9.84 Å². The molecule has 0 spiro atoms. The molecule has 1 heterocycles. The van der Waals surface area contributed by atoms with E-state index in [1.165, 1.54) is 0 Å². The first kappa shape index (κ1) is 18.9. The Morgan fingerprint density at radius 3 is 2.62 bits per heavy atom. The smallest absolute Gasteiger partial charge is 0.151 e. The molecule has 1 rings (SSSR count). The van der Waals surface area contributed by atoms with Crippen molar-refractivity contribution in [3.05, 3.63) is 0 Å². The summed E-state index contributed by atoms with van der Waals surface area (Å²) in [6, 6.07) is 0.192. The Balaban J connectivity index is 2.24. The maximum absolute atomic E-state index is 11.5. The highest BCUT2D eigenvalue weighted by Crippen LogP contribution is 2.18. The fourth-order valence-electron chi connectivity index (χ4n) is 2.83. The van der Waals surface area contributed by atoms with Crippen LogP contribution in [0.15, 0.2) is 0 Å². The van der Waals surface area contributed by atoms with Crippen molar-refractivity contribution in [3.63, 3.8) is 0 Å². The van der Waals surface area contributed by atoms with E-state index in [4.69, 9.17) is 0 Å². The second-order valence-corrected chi connectivity index (χ2v) is 8.87. The number of nitrogens with one attached hydrogen (secondary N) is 1. The molecule has 1 saturated heterocycles. The highest BCUT2D eigenvalue weighted by Gasteiger charge is 2.30. The largest absolute Gasteiger partial charge is 0.394 e. The molecule has 1 aliphatic rings. The van der Waals surface area contributed by atoms with Crippen LogP contribution in [-0.2, 0) is 9.84 Å². The molecule has 5 nitrogen and oxygen atoms in total. The Hall–Kier alpha value is -0.170. The van der Waals surface area contributed by atoms with Crippen molar-refractivity contribution in [2.45, 2.75) is 57.5 Å². The van der Waals surface area contributed by atoms with Gasteiger partial charge in [-0.2, -0.15) is 0 Å². The fraction of sp³-hybridized carbons (Fsp3) is 1.00. The standard InChI is InChI=1S/C15H32N2O3S/c1-4-9-16-15(2,13-18)8-5-6-10-17(3)14-7-11-21(19,20)12-14/h14,16,18H,4-13H2,1-3H3. The third-order valence-electron chi connectivity index (χ3n) is 4.47. The highest BCUT2D eigenvalue weighted by atomic mass is 32.2. The van der Waals surface area contributed by atoms with Crippen molar-refractivity contribution in [1.82, 2.24) is 10.2 Å². The Morgan fingerprint density at radius 2 is 2.10 bits per heavy atom. The molecule has 0 aromatic carbocycles. The van der Waals surface area contributed by atoms with Gasteiger partial charge in [0.2, 0.25) is 0 Å². The zero-order valence-electron chi connectivity index (χ0n) is 13.8. The molecule has 2 unspecified atom stereocenters. The Morgan fingerprint density at radius 1 is 1.38 bits per heavy atom. The van der Waals surface area contributed by atoms with Crippen molar-refractivity contribution in [3.8, 4) is 0 Å². The van der Waals surface area contributed by atoms with Crippen molar-refractivity contribution in [2.24, 2.45) is 0 Å². The molecule has 126 valence electrons. The van der Waals surface area contributed by atoms with Gasteiger partial charge >= 0.3 is 0 Å². The van der Waals surface area contributed by atoms with E-state index in [2.05, 4.69) is 24.1 Å². The second-order valence-electron chi connectivity index (χ2n) is 6.64. The summed E-state index contributed by atoms with van der Waals surface area (Å²) in [5, 5.41) is 12.9. The predicted molar refractivity (Wildman–Crippen MR) is 87.3 cm³/mol. The topological polar surface area (TPSA) is 69.6 Å². The molecule has 0 aliphatic carbocycles. The van der Waals surface area contributed by atoms with Crippen molar-refractivity contribution in [1.29, 1.82) is 0 Å². The van der Waals surface area contributed by atoms with E-state index in [0.29, 0.717) is 11.5 Å². The van der Waals surface area contributed by atoms with Gasteiger partial charge in [0.25, 0.3) is 0 Å². The molecular weight excluding hydrogens is 288 g/mol. The summed E-state index contributed by atoms with van der Waals surface area (Å²) in [5.41, 5.74) is -0.189. The van der Waals surface area contributed by atoms with Gasteiger partial charge < -0.3 is 15.3 Å². The zero-order valence-corrected chi connectivity index (χ0v) is 14.6. The molecule has 0 aromatic rings. The normalized spacial score (nSPS) is 24.3. The van der Waals surface area contributed by atoms with E-state index >= 15 is 0 Å². The van der Waals surface area contributed by atoms with Crippen LogP contribution in [0.25, 0.3) is 0 Å². The molecule has 21 heavy (non-hydrogen) atoms. The molecule has 6 heteroatoms. The van der Waals surface area contributed by atoms with Crippen LogP contribution in [0.5, 0.6) is 0 Å². The third kappa shape index (κ3) is 6.63. The van der Waals surface area contributed by atoms with Crippen LogP contribution >= 0.6 is 0 Å². The molecule has 2 atom stereocenters. The molecule has 1 aliphatic heterocycles. The molecular formula is C15H32N2O3S. The highest BCUT2D eigenvalue weighted by molar-refractivity contribution is 7.91. The first-order chi connectivity index (χ1) is 9.82. The lowest BCUT2D eigenvalue weighted by atomic mass is 9.95. The van der Waals surface area contributed by atoms with Gasteiger partial charge in [0.1, 0.15) is 0 Å². The van der Waals surface area contributed by atoms with Crippen LogP contribution < -0.4 is 5.32 Å². The minimum Gasteiger partial charge on any atom is -0.394 e. The van der Waals surface area contributed by atoms with Gasteiger partial charge in [0.05, 0.1) is 18.1 Å². The van der Waals surface area contributed by atoms with Crippen molar-refractivity contribution < 1.29 is 13.5 Å². The lowest BCUT2D eigenvalue weighted by Gasteiger charge is -2.29. The van der Waals surface area contributed by atoms with Gasteiger partial charge in [-0.05, 0) is 52.7 Å². The minimum absolute atomic E-state index is 0.156. The van der Waals surface area contributed by atoms with Crippen molar-refractivity contribution in [2.75, 3.05) is 38.2 Å². The Labute approximate surface area is 130 Å². The minimum atomic E-state index is -2.79. The average molecular weight is 320 g/mol. The summed E-state index contributed by atoms with van der Waals surface area (Å²) >= 11 is 0. The number of hydrogen-bond donors (Lipinski definition) is 2. The van der Waals surface area contributed by atoms with Gasteiger partial charge in [0, 0.05) is 11.6 Å². The Bertz CT molecular complexity index is 400. The molecule has 1 fully saturated rings. The quantitative estimate of drug-likeness (QED) is 0.588. The van der Waals surface area contributed by atoms with Crippen molar-refractivity contribution >= 4 is 9.84 Å². The van der Waals surface area contributed by atoms with Crippen LogP contribution in [0.2, 0.25) is 0 Å².